The van der Waals surface area contributed by atoms with Crippen LogP contribution in [0.4, 0.5) is 9.39 Å². The summed E-state index contributed by atoms with van der Waals surface area (Å²) in [5, 5.41) is 11.8. The van der Waals surface area contributed by atoms with E-state index in [0.717, 1.165) is 4.88 Å². The Bertz CT molecular complexity index is 709. The molecule has 0 saturated carbocycles. The molecule has 0 aliphatic rings. The Morgan fingerprint density at radius 3 is 2.57 bits per heavy atom. The van der Waals surface area contributed by atoms with E-state index in [-0.39, 0.29) is 16.1 Å². The summed E-state index contributed by atoms with van der Waals surface area (Å²) < 4.78 is 13.8. The number of carboxylic acids is 1. The van der Waals surface area contributed by atoms with Gasteiger partial charge in [-0.25, -0.2) is 9.18 Å². The van der Waals surface area contributed by atoms with E-state index in [9.17, 15) is 14.0 Å². The standard InChI is InChI=1S/C15H14FNO3S/c1-3-9-7-11(15(19)20)14(21-9)17-13(18)10-5-4-8(2)6-12(10)16/h4-7H,3H2,1-2H3,(H,17,18)(H,19,20). The Morgan fingerprint density at radius 2 is 2.00 bits per heavy atom. The van der Waals surface area contributed by atoms with Crippen LogP contribution in [-0.2, 0) is 6.42 Å². The lowest BCUT2D eigenvalue weighted by molar-refractivity contribution is 0.0698. The molecule has 6 heteroatoms. The molecular formula is C15H14FNO3S. The molecule has 2 rings (SSSR count). The first kappa shape index (κ1) is 15.2. The first-order valence-corrected chi connectivity index (χ1v) is 7.17. The molecule has 0 radical (unpaired) electrons. The first-order chi connectivity index (χ1) is 9.92. The van der Waals surface area contributed by atoms with Crippen molar-refractivity contribution in [3.05, 3.63) is 51.7 Å². The van der Waals surface area contributed by atoms with E-state index in [1.807, 2.05) is 6.92 Å². The summed E-state index contributed by atoms with van der Waals surface area (Å²) in [6.45, 7) is 3.61. The first-order valence-electron chi connectivity index (χ1n) is 6.36. The lowest BCUT2D eigenvalue weighted by Gasteiger charge is -2.06. The number of rotatable bonds is 4. The van der Waals surface area contributed by atoms with Gasteiger partial charge in [0, 0.05) is 4.88 Å². The molecule has 1 aromatic carbocycles. The molecule has 21 heavy (non-hydrogen) atoms. The van der Waals surface area contributed by atoms with E-state index in [4.69, 9.17) is 5.11 Å². The van der Waals surface area contributed by atoms with Crippen LogP contribution in [0.1, 0.15) is 38.1 Å². The Morgan fingerprint density at radius 1 is 1.29 bits per heavy atom. The van der Waals surface area contributed by atoms with E-state index < -0.39 is 17.7 Å². The minimum absolute atomic E-state index is 0.0257. The van der Waals surface area contributed by atoms with Gasteiger partial charge in [0.05, 0.1) is 11.1 Å². The molecule has 1 aromatic heterocycles. The maximum atomic E-state index is 13.8. The summed E-state index contributed by atoms with van der Waals surface area (Å²) >= 11 is 1.18. The summed E-state index contributed by atoms with van der Waals surface area (Å²) in [4.78, 5) is 24.1. The molecule has 0 fully saturated rings. The SMILES string of the molecule is CCc1cc(C(=O)O)c(NC(=O)c2ccc(C)cc2F)s1. The molecule has 0 spiro atoms. The molecule has 4 nitrogen and oxygen atoms in total. The lowest BCUT2D eigenvalue weighted by Crippen LogP contribution is -2.14. The monoisotopic (exact) mass is 307 g/mol. The number of carbonyl (C=O) groups excluding carboxylic acids is 1. The topological polar surface area (TPSA) is 66.4 Å². The predicted octanol–water partition coefficient (Wildman–Crippen LogP) is 3.71. The molecule has 0 atom stereocenters. The van der Waals surface area contributed by atoms with E-state index in [0.29, 0.717) is 12.0 Å². The van der Waals surface area contributed by atoms with Gasteiger partial charge in [0.2, 0.25) is 0 Å². The normalized spacial score (nSPS) is 10.4. The number of aromatic carboxylic acids is 1. The average Bonchev–Trinajstić information content (AvgIpc) is 2.81. The van der Waals surface area contributed by atoms with Crippen molar-refractivity contribution in [2.24, 2.45) is 0 Å². The smallest absolute Gasteiger partial charge is 0.338 e. The summed E-state index contributed by atoms with van der Waals surface area (Å²) in [5.41, 5.74) is 0.626. The molecule has 1 amide bonds. The van der Waals surface area contributed by atoms with Crippen LogP contribution in [0.3, 0.4) is 0 Å². The molecule has 110 valence electrons. The van der Waals surface area contributed by atoms with Crippen molar-refractivity contribution in [3.8, 4) is 0 Å². The Kier molecular flexibility index (Phi) is 4.37. The van der Waals surface area contributed by atoms with Crippen molar-refractivity contribution in [2.75, 3.05) is 5.32 Å². The van der Waals surface area contributed by atoms with Crippen molar-refractivity contribution in [2.45, 2.75) is 20.3 Å². The highest BCUT2D eigenvalue weighted by Crippen LogP contribution is 2.29. The second-order valence-corrected chi connectivity index (χ2v) is 5.69. The fourth-order valence-corrected chi connectivity index (χ4v) is 2.83. The number of amides is 1. The minimum Gasteiger partial charge on any atom is -0.478 e. The largest absolute Gasteiger partial charge is 0.478 e. The zero-order valence-electron chi connectivity index (χ0n) is 11.6. The van der Waals surface area contributed by atoms with E-state index in [1.54, 1.807) is 13.0 Å². The molecule has 0 saturated heterocycles. The van der Waals surface area contributed by atoms with Crippen LogP contribution in [0.2, 0.25) is 0 Å². The molecule has 0 aliphatic heterocycles. The number of halogens is 1. The molecular weight excluding hydrogens is 293 g/mol. The number of anilines is 1. The maximum absolute atomic E-state index is 13.8. The van der Waals surface area contributed by atoms with Crippen LogP contribution in [0.5, 0.6) is 0 Å². The van der Waals surface area contributed by atoms with Crippen molar-refractivity contribution >= 4 is 28.2 Å². The third-order valence-electron chi connectivity index (χ3n) is 2.96. The highest BCUT2D eigenvalue weighted by atomic mass is 32.1. The van der Waals surface area contributed by atoms with Crippen LogP contribution >= 0.6 is 11.3 Å². The van der Waals surface area contributed by atoms with Crippen molar-refractivity contribution in [1.29, 1.82) is 0 Å². The zero-order chi connectivity index (χ0) is 15.6. The summed E-state index contributed by atoms with van der Waals surface area (Å²) in [6, 6.07) is 5.80. The number of carbonyl (C=O) groups is 2. The minimum atomic E-state index is -1.12. The van der Waals surface area contributed by atoms with Gasteiger partial charge in [-0.15, -0.1) is 11.3 Å². The number of hydrogen-bond donors (Lipinski definition) is 2. The molecule has 0 aliphatic carbocycles. The fourth-order valence-electron chi connectivity index (χ4n) is 1.84. The highest BCUT2D eigenvalue weighted by Gasteiger charge is 2.19. The van der Waals surface area contributed by atoms with Gasteiger partial charge in [0.1, 0.15) is 10.8 Å². The second-order valence-electron chi connectivity index (χ2n) is 4.55. The number of thiophene rings is 1. The van der Waals surface area contributed by atoms with Gasteiger partial charge < -0.3 is 10.4 Å². The van der Waals surface area contributed by atoms with Crippen LogP contribution in [0.15, 0.2) is 24.3 Å². The highest BCUT2D eigenvalue weighted by molar-refractivity contribution is 7.16. The lowest BCUT2D eigenvalue weighted by atomic mass is 10.1. The number of benzene rings is 1. The number of carboxylic acid groups (broad SMARTS) is 1. The van der Waals surface area contributed by atoms with Crippen LogP contribution < -0.4 is 5.32 Å². The van der Waals surface area contributed by atoms with Gasteiger partial charge in [-0.05, 0) is 37.1 Å². The van der Waals surface area contributed by atoms with E-state index in [2.05, 4.69) is 5.32 Å². The predicted molar refractivity (Wildman–Crippen MR) is 79.7 cm³/mol. The summed E-state index contributed by atoms with van der Waals surface area (Å²) in [7, 11) is 0. The van der Waals surface area contributed by atoms with Crippen molar-refractivity contribution in [1.82, 2.24) is 0 Å². The molecule has 1 heterocycles. The van der Waals surface area contributed by atoms with Crippen molar-refractivity contribution in [3.63, 3.8) is 0 Å². The Hall–Kier alpha value is -2.21. The fraction of sp³-hybridized carbons (Fsp3) is 0.200. The summed E-state index contributed by atoms with van der Waals surface area (Å²) in [6.07, 6.45) is 0.666. The molecule has 2 N–H and O–H groups in total. The van der Waals surface area contributed by atoms with E-state index >= 15 is 0 Å². The third kappa shape index (κ3) is 3.28. The third-order valence-corrected chi connectivity index (χ3v) is 4.15. The van der Waals surface area contributed by atoms with E-state index in [1.165, 1.54) is 29.5 Å². The van der Waals surface area contributed by atoms with Gasteiger partial charge in [0.25, 0.3) is 5.91 Å². The Balaban J connectivity index is 2.31. The van der Waals surface area contributed by atoms with Gasteiger partial charge in [-0.2, -0.15) is 0 Å². The number of nitrogens with one attached hydrogen (secondary N) is 1. The van der Waals surface area contributed by atoms with Crippen LogP contribution in [0.25, 0.3) is 0 Å². The quantitative estimate of drug-likeness (QED) is 0.905. The maximum Gasteiger partial charge on any atom is 0.338 e. The van der Waals surface area contributed by atoms with Crippen molar-refractivity contribution < 1.29 is 19.1 Å². The number of hydrogen-bond acceptors (Lipinski definition) is 3. The molecule has 0 bridgehead atoms. The number of aryl methyl sites for hydroxylation is 2. The summed E-state index contributed by atoms with van der Waals surface area (Å²) in [5.74, 6) is -2.40. The average molecular weight is 307 g/mol. The van der Waals surface area contributed by atoms with Gasteiger partial charge in [-0.3, -0.25) is 4.79 Å². The van der Waals surface area contributed by atoms with Gasteiger partial charge >= 0.3 is 5.97 Å². The van der Waals surface area contributed by atoms with Crippen LogP contribution in [0, 0.1) is 12.7 Å². The molecule has 0 unspecified atom stereocenters. The Labute approximate surface area is 125 Å². The second kappa shape index (κ2) is 6.05. The zero-order valence-corrected chi connectivity index (χ0v) is 12.4. The van der Waals surface area contributed by atoms with Gasteiger partial charge in [-0.1, -0.05) is 13.0 Å². The van der Waals surface area contributed by atoms with Crippen LogP contribution in [-0.4, -0.2) is 17.0 Å². The van der Waals surface area contributed by atoms with Gasteiger partial charge in [0.15, 0.2) is 0 Å². The molecule has 2 aromatic rings.